The predicted molar refractivity (Wildman–Crippen MR) is 97.0 cm³/mol. The number of nitrogen functional groups attached to an aromatic ring is 1. The maximum Gasteiger partial charge on any atom is 0.295 e. The van der Waals surface area contributed by atoms with Crippen molar-refractivity contribution in [2.45, 2.75) is 13.0 Å². The Labute approximate surface area is 145 Å². The van der Waals surface area contributed by atoms with Gasteiger partial charge in [-0.1, -0.05) is 30.3 Å². The number of aromatic nitrogens is 2. The second-order valence-electron chi connectivity index (χ2n) is 5.46. The van der Waals surface area contributed by atoms with E-state index < -0.39 is 0 Å². The number of methoxy groups -OCH3 is 2. The lowest BCUT2D eigenvalue weighted by Gasteiger charge is -2.11. The van der Waals surface area contributed by atoms with Gasteiger partial charge in [0.05, 0.1) is 26.2 Å². The minimum Gasteiger partial charge on any atom is -0.493 e. The van der Waals surface area contributed by atoms with Crippen LogP contribution in [0.25, 0.3) is 10.9 Å². The number of hydrogen-bond acceptors (Lipinski definition) is 4. The molecule has 6 heteroatoms. The number of ether oxygens (including phenoxy) is 2. The van der Waals surface area contributed by atoms with Crippen molar-refractivity contribution >= 4 is 28.9 Å². The quantitative estimate of drug-likeness (QED) is 0.553. The summed E-state index contributed by atoms with van der Waals surface area (Å²) in [5.41, 5.74) is 8.45. The van der Waals surface area contributed by atoms with Crippen LogP contribution in [-0.2, 0) is 13.0 Å². The molecule has 1 aromatic heterocycles. The van der Waals surface area contributed by atoms with Gasteiger partial charge in [0.1, 0.15) is 5.52 Å². The van der Waals surface area contributed by atoms with Crippen LogP contribution in [0.15, 0.2) is 42.5 Å². The second-order valence-corrected chi connectivity index (χ2v) is 5.84. The molecular weight excluding hydrogens is 322 g/mol. The van der Waals surface area contributed by atoms with E-state index in [4.69, 9.17) is 27.4 Å². The molecule has 3 aromatic rings. The minimum atomic E-state index is 0.586. The zero-order valence-electron chi connectivity index (χ0n) is 13.7. The van der Waals surface area contributed by atoms with Gasteiger partial charge < -0.3 is 15.2 Å². The number of H-pyrrole nitrogens is 1. The zero-order valence-corrected chi connectivity index (χ0v) is 14.5. The first-order chi connectivity index (χ1) is 11.6. The van der Waals surface area contributed by atoms with Crippen LogP contribution < -0.4 is 19.8 Å². The van der Waals surface area contributed by atoms with E-state index in [0.29, 0.717) is 28.6 Å². The summed E-state index contributed by atoms with van der Waals surface area (Å²) in [6.45, 7) is 0.704. The Bertz CT molecular complexity index is 923. The second kappa shape index (κ2) is 6.88. The molecule has 0 saturated carbocycles. The highest BCUT2D eigenvalue weighted by molar-refractivity contribution is 7.71. The van der Waals surface area contributed by atoms with Gasteiger partial charge in [-0.2, -0.15) is 0 Å². The first-order valence-electron chi connectivity index (χ1n) is 7.65. The summed E-state index contributed by atoms with van der Waals surface area (Å²) in [6.07, 6.45) is 0.853. The Hall–Kier alpha value is -2.60. The van der Waals surface area contributed by atoms with Crippen LogP contribution >= 0.6 is 12.2 Å². The van der Waals surface area contributed by atoms with E-state index in [0.717, 1.165) is 17.3 Å². The van der Waals surface area contributed by atoms with E-state index in [9.17, 15) is 0 Å². The number of nitrogens with two attached hydrogens (primary N) is 1. The average Bonchev–Trinajstić information content (AvgIpc) is 2.61. The average molecular weight is 342 g/mol. The molecule has 0 unspecified atom stereocenters. The molecule has 2 aromatic carbocycles. The van der Waals surface area contributed by atoms with Crippen LogP contribution in [0.3, 0.4) is 0 Å². The molecule has 0 aliphatic carbocycles. The molecule has 3 rings (SSSR count). The van der Waals surface area contributed by atoms with Crippen LogP contribution in [0.4, 0.5) is 5.82 Å². The normalized spacial score (nSPS) is 10.8. The maximum atomic E-state index is 6.38. The van der Waals surface area contributed by atoms with E-state index in [2.05, 4.69) is 17.1 Å². The predicted octanol–water partition coefficient (Wildman–Crippen LogP) is 3.03. The topological polar surface area (TPSA) is 64.2 Å². The fourth-order valence-electron chi connectivity index (χ4n) is 2.74. The maximum absolute atomic E-state index is 6.38. The smallest absolute Gasteiger partial charge is 0.295 e. The van der Waals surface area contributed by atoms with Crippen LogP contribution in [-0.4, -0.2) is 19.2 Å². The molecule has 1 heterocycles. The molecule has 0 aliphatic rings. The van der Waals surface area contributed by atoms with Gasteiger partial charge in [-0.25, -0.2) is 4.57 Å². The van der Waals surface area contributed by atoms with Gasteiger partial charge in [-0.3, -0.25) is 4.98 Å². The molecule has 0 fully saturated rings. The third-order valence-electron chi connectivity index (χ3n) is 4.04. The van der Waals surface area contributed by atoms with Gasteiger partial charge in [-0.15, -0.1) is 0 Å². The van der Waals surface area contributed by atoms with E-state index in [1.54, 1.807) is 14.2 Å². The first-order valence-corrected chi connectivity index (χ1v) is 8.06. The Morgan fingerprint density at radius 2 is 1.75 bits per heavy atom. The molecule has 24 heavy (non-hydrogen) atoms. The van der Waals surface area contributed by atoms with Gasteiger partial charge in [0, 0.05) is 18.6 Å². The zero-order chi connectivity index (χ0) is 17.1. The Kier molecular flexibility index (Phi) is 4.66. The number of aromatic amines is 1. The Morgan fingerprint density at radius 1 is 1.08 bits per heavy atom. The molecular formula is C18H20N3O2S+. The SMILES string of the molecule is COc1cc2[nH]c(=S)[n+](CCc3ccccc3)c(N)c2cc1OC. The van der Waals surface area contributed by atoms with E-state index in [-0.39, 0.29) is 0 Å². The summed E-state index contributed by atoms with van der Waals surface area (Å²) in [5, 5.41) is 0.856. The van der Waals surface area contributed by atoms with Crippen molar-refractivity contribution in [2.75, 3.05) is 20.0 Å². The van der Waals surface area contributed by atoms with Gasteiger partial charge >= 0.3 is 0 Å². The standard InChI is InChI=1S/C18H19N3O2S/c1-22-15-10-13-14(11-16(15)23-2)20-18(24)21(17(13)19)9-8-12-6-4-3-5-7-12/h3-7,10-11H,8-9H2,1-2H3,(H2,19,20,24)/p+1. The number of nitrogens with zero attached hydrogens (tertiary/aromatic N) is 1. The van der Waals surface area contributed by atoms with Crippen molar-refractivity contribution in [3.8, 4) is 11.5 Å². The molecule has 0 spiro atoms. The molecule has 0 bridgehead atoms. The van der Waals surface area contributed by atoms with E-state index in [1.807, 2.05) is 34.9 Å². The van der Waals surface area contributed by atoms with Crippen molar-refractivity contribution in [3.63, 3.8) is 0 Å². The molecule has 0 radical (unpaired) electrons. The minimum absolute atomic E-state index is 0.586. The third-order valence-corrected chi connectivity index (χ3v) is 4.37. The lowest BCUT2D eigenvalue weighted by atomic mass is 10.1. The third kappa shape index (κ3) is 3.05. The fourth-order valence-corrected chi connectivity index (χ4v) is 3.04. The Balaban J connectivity index is 2.04. The highest BCUT2D eigenvalue weighted by Gasteiger charge is 2.16. The number of rotatable bonds is 5. The molecule has 5 nitrogen and oxygen atoms in total. The van der Waals surface area contributed by atoms with Gasteiger partial charge in [0.25, 0.3) is 4.77 Å². The van der Waals surface area contributed by atoms with Crippen molar-refractivity contribution in [1.29, 1.82) is 0 Å². The largest absolute Gasteiger partial charge is 0.493 e. The summed E-state index contributed by atoms with van der Waals surface area (Å²) < 4.78 is 13.2. The summed E-state index contributed by atoms with van der Waals surface area (Å²) in [5.74, 6) is 1.89. The summed E-state index contributed by atoms with van der Waals surface area (Å²) in [4.78, 5) is 3.22. The van der Waals surface area contributed by atoms with Crippen LogP contribution in [0.5, 0.6) is 11.5 Å². The lowest BCUT2D eigenvalue weighted by molar-refractivity contribution is -0.690. The van der Waals surface area contributed by atoms with E-state index in [1.165, 1.54) is 5.56 Å². The monoisotopic (exact) mass is 342 g/mol. The van der Waals surface area contributed by atoms with Crippen molar-refractivity contribution in [3.05, 3.63) is 52.8 Å². The molecule has 0 aliphatic heterocycles. The fraction of sp³-hybridized carbons (Fsp3) is 0.222. The molecule has 0 atom stereocenters. The number of anilines is 1. The van der Waals surface area contributed by atoms with Crippen LogP contribution in [0.2, 0.25) is 0 Å². The molecule has 124 valence electrons. The number of fused-ring (bicyclic) bond motifs is 1. The Morgan fingerprint density at radius 3 is 2.42 bits per heavy atom. The van der Waals surface area contributed by atoms with Crippen molar-refractivity contribution in [1.82, 2.24) is 4.98 Å². The van der Waals surface area contributed by atoms with Crippen LogP contribution in [0.1, 0.15) is 5.56 Å². The summed E-state index contributed by atoms with van der Waals surface area (Å²) in [6, 6.07) is 14.0. The lowest BCUT2D eigenvalue weighted by Crippen LogP contribution is -2.40. The van der Waals surface area contributed by atoms with Crippen molar-refractivity contribution < 1.29 is 14.0 Å². The van der Waals surface area contributed by atoms with E-state index >= 15 is 0 Å². The summed E-state index contributed by atoms with van der Waals surface area (Å²) in [7, 11) is 3.21. The van der Waals surface area contributed by atoms with Crippen LogP contribution in [0, 0.1) is 4.77 Å². The highest BCUT2D eigenvalue weighted by atomic mass is 32.1. The molecule has 0 amide bonds. The number of aryl methyl sites for hydroxylation is 1. The summed E-state index contributed by atoms with van der Waals surface area (Å²) >= 11 is 5.48. The number of benzene rings is 2. The molecule has 0 saturated heterocycles. The first kappa shape index (κ1) is 16.3. The van der Waals surface area contributed by atoms with Gasteiger partial charge in [0.2, 0.25) is 5.82 Å². The van der Waals surface area contributed by atoms with Gasteiger partial charge in [-0.05, 0) is 17.8 Å². The molecule has 3 N–H and O–H groups in total. The number of nitrogens with one attached hydrogen (secondary N) is 1. The van der Waals surface area contributed by atoms with Crippen molar-refractivity contribution in [2.24, 2.45) is 0 Å². The van der Waals surface area contributed by atoms with Gasteiger partial charge in [0.15, 0.2) is 11.5 Å². The number of hydrogen-bond donors (Lipinski definition) is 2. The highest BCUT2D eigenvalue weighted by Crippen LogP contribution is 2.32.